The van der Waals surface area contributed by atoms with Crippen LogP contribution in [0.1, 0.15) is 23.4 Å². The Labute approximate surface area is 181 Å². The summed E-state index contributed by atoms with van der Waals surface area (Å²) in [5.41, 5.74) is 2.83. The molecule has 8 heteroatoms. The number of allylic oxidation sites excluding steroid dienone is 1. The Balaban J connectivity index is 1.89. The molecule has 0 aliphatic carbocycles. The summed E-state index contributed by atoms with van der Waals surface area (Å²) in [5.74, 6) is -0.469. The van der Waals surface area contributed by atoms with E-state index in [9.17, 15) is 9.59 Å². The molecule has 0 saturated heterocycles. The quantitative estimate of drug-likeness (QED) is 0.586. The fourth-order valence-electron chi connectivity index (χ4n) is 3.43. The molecule has 1 aliphatic rings. The number of hydrogen-bond acceptors (Lipinski definition) is 7. The number of thiazole rings is 1. The molecule has 0 N–H and O–H groups in total. The summed E-state index contributed by atoms with van der Waals surface area (Å²) in [5, 5.41) is 1.93. The van der Waals surface area contributed by atoms with Gasteiger partial charge in [-0.2, -0.15) is 0 Å². The molecule has 0 saturated carbocycles. The first-order valence-corrected chi connectivity index (χ1v) is 11.0. The van der Waals surface area contributed by atoms with Crippen LogP contribution in [0.25, 0.3) is 6.08 Å². The van der Waals surface area contributed by atoms with Gasteiger partial charge >= 0.3 is 5.97 Å². The van der Waals surface area contributed by atoms with Crippen LogP contribution in [-0.2, 0) is 9.53 Å². The molecule has 0 bridgehead atoms. The highest BCUT2D eigenvalue weighted by atomic mass is 32.1. The third-order valence-electron chi connectivity index (χ3n) is 4.95. The molecule has 0 fully saturated rings. The highest BCUT2D eigenvalue weighted by Crippen LogP contribution is 2.32. The van der Waals surface area contributed by atoms with Gasteiger partial charge in [-0.25, -0.2) is 9.79 Å². The van der Waals surface area contributed by atoms with Crippen LogP contribution in [0.15, 0.2) is 62.8 Å². The van der Waals surface area contributed by atoms with E-state index in [4.69, 9.17) is 4.74 Å². The number of nitrogens with zero attached hydrogens (tertiary/aromatic N) is 3. The van der Waals surface area contributed by atoms with Gasteiger partial charge in [0.25, 0.3) is 5.56 Å². The second-order valence-corrected chi connectivity index (χ2v) is 9.06. The van der Waals surface area contributed by atoms with Crippen molar-refractivity contribution in [3.63, 3.8) is 0 Å². The minimum absolute atomic E-state index is 0.164. The van der Waals surface area contributed by atoms with Crippen molar-refractivity contribution in [2.45, 2.75) is 13.0 Å². The zero-order chi connectivity index (χ0) is 21.4. The number of hydrogen-bond donors (Lipinski definition) is 0. The lowest BCUT2D eigenvalue weighted by molar-refractivity contribution is -0.136. The first kappa shape index (κ1) is 20.3. The predicted octanol–water partition coefficient (Wildman–Crippen LogP) is 2.54. The van der Waals surface area contributed by atoms with Crippen LogP contribution in [0.5, 0.6) is 0 Å². The molecular weight excluding hydrogens is 418 g/mol. The van der Waals surface area contributed by atoms with Crippen LogP contribution < -0.4 is 19.8 Å². The van der Waals surface area contributed by atoms with Gasteiger partial charge in [-0.3, -0.25) is 9.36 Å². The number of aromatic nitrogens is 1. The molecule has 0 unspecified atom stereocenters. The summed E-state index contributed by atoms with van der Waals surface area (Å²) in [4.78, 5) is 34.0. The number of methoxy groups -OCH3 is 1. The summed E-state index contributed by atoms with van der Waals surface area (Å²) in [6.07, 6.45) is 1.87. The number of benzene rings is 1. The monoisotopic (exact) mass is 439 g/mol. The Bertz CT molecular complexity index is 1300. The first-order chi connectivity index (χ1) is 14.4. The lowest BCUT2D eigenvalue weighted by Gasteiger charge is -2.22. The molecule has 3 heterocycles. The highest BCUT2D eigenvalue weighted by Gasteiger charge is 2.33. The molecule has 1 aliphatic heterocycles. The molecule has 1 atom stereocenters. The average Bonchev–Trinajstić information content (AvgIpc) is 3.36. The van der Waals surface area contributed by atoms with Gasteiger partial charge in [0.2, 0.25) is 0 Å². The van der Waals surface area contributed by atoms with Crippen LogP contribution in [0.4, 0.5) is 5.69 Å². The molecule has 0 amide bonds. The van der Waals surface area contributed by atoms with Crippen LogP contribution in [0.3, 0.4) is 0 Å². The number of ether oxygens (including phenoxy) is 1. The van der Waals surface area contributed by atoms with Gasteiger partial charge in [0, 0.05) is 24.7 Å². The molecule has 6 nitrogen and oxygen atoms in total. The Kier molecular flexibility index (Phi) is 5.44. The van der Waals surface area contributed by atoms with Gasteiger partial charge in [0.1, 0.15) is 6.04 Å². The fourth-order valence-corrected chi connectivity index (χ4v) is 5.30. The van der Waals surface area contributed by atoms with Crippen molar-refractivity contribution in [2.75, 3.05) is 26.1 Å². The Morgan fingerprint density at radius 1 is 1.23 bits per heavy atom. The number of carbonyl (C=O) groups is 1. The lowest BCUT2D eigenvalue weighted by Crippen LogP contribution is -2.39. The SMILES string of the molecule is COC(=O)C1=C(C)N=c2s/c(=C\c3ccc(N(C)C)cc3)c(=O)n2[C@@H]1c1cccs1. The van der Waals surface area contributed by atoms with Crippen molar-refractivity contribution in [1.29, 1.82) is 0 Å². The van der Waals surface area contributed by atoms with Gasteiger partial charge < -0.3 is 9.64 Å². The van der Waals surface area contributed by atoms with E-state index in [2.05, 4.69) is 4.99 Å². The van der Waals surface area contributed by atoms with Crippen molar-refractivity contribution in [2.24, 2.45) is 4.99 Å². The van der Waals surface area contributed by atoms with Crippen molar-refractivity contribution in [1.82, 2.24) is 4.57 Å². The second kappa shape index (κ2) is 8.04. The van der Waals surface area contributed by atoms with E-state index in [1.807, 2.05) is 66.8 Å². The number of anilines is 1. The number of rotatable bonds is 4. The Morgan fingerprint density at radius 2 is 1.97 bits per heavy atom. The fraction of sp³-hybridized carbons (Fsp3) is 0.227. The molecular formula is C22H21N3O3S2. The molecule has 0 radical (unpaired) electrons. The van der Waals surface area contributed by atoms with E-state index in [0.717, 1.165) is 16.1 Å². The summed E-state index contributed by atoms with van der Waals surface area (Å²) in [6.45, 7) is 1.78. The summed E-state index contributed by atoms with van der Waals surface area (Å²) < 4.78 is 7.18. The maximum Gasteiger partial charge on any atom is 0.338 e. The summed E-state index contributed by atoms with van der Waals surface area (Å²) in [7, 11) is 5.31. The van der Waals surface area contributed by atoms with Crippen molar-refractivity contribution >= 4 is 40.4 Å². The van der Waals surface area contributed by atoms with E-state index in [1.54, 1.807) is 11.5 Å². The van der Waals surface area contributed by atoms with Crippen LogP contribution in [0.2, 0.25) is 0 Å². The Morgan fingerprint density at radius 3 is 2.57 bits per heavy atom. The molecule has 1 aromatic carbocycles. The third kappa shape index (κ3) is 3.53. The molecule has 30 heavy (non-hydrogen) atoms. The van der Waals surface area contributed by atoms with Gasteiger partial charge in [0.15, 0.2) is 4.80 Å². The van der Waals surface area contributed by atoms with Gasteiger partial charge in [-0.05, 0) is 42.1 Å². The summed E-state index contributed by atoms with van der Waals surface area (Å²) in [6, 6.07) is 11.3. The highest BCUT2D eigenvalue weighted by molar-refractivity contribution is 7.10. The molecule has 4 rings (SSSR count). The second-order valence-electron chi connectivity index (χ2n) is 7.07. The molecule has 154 valence electrons. The molecule has 3 aromatic rings. The van der Waals surface area contributed by atoms with Gasteiger partial charge in [-0.15, -0.1) is 11.3 Å². The minimum atomic E-state index is -0.535. The smallest absolute Gasteiger partial charge is 0.338 e. The zero-order valence-electron chi connectivity index (χ0n) is 17.1. The van der Waals surface area contributed by atoms with Crippen molar-refractivity contribution < 1.29 is 9.53 Å². The van der Waals surface area contributed by atoms with Crippen LogP contribution in [-0.4, -0.2) is 31.7 Å². The molecule has 2 aromatic heterocycles. The van der Waals surface area contributed by atoms with Gasteiger partial charge in [0.05, 0.1) is 22.9 Å². The lowest BCUT2D eigenvalue weighted by atomic mass is 10.0. The standard InChI is InChI=1S/C22H21N3O3S2/c1-13-18(21(27)28-4)19(16-6-5-11-29-16)25-20(26)17(30-22(25)23-13)12-14-7-9-15(10-8-14)24(2)3/h5-12,19H,1-4H3/b17-12-/t19-/m1/s1. The molecule has 0 spiro atoms. The van der Waals surface area contributed by atoms with E-state index < -0.39 is 12.0 Å². The topological polar surface area (TPSA) is 63.9 Å². The van der Waals surface area contributed by atoms with E-state index in [-0.39, 0.29) is 5.56 Å². The van der Waals surface area contributed by atoms with E-state index >= 15 is 0 Å². The van der Waals surface area contributed by atoms with Crippen LogP contribution >= 0.6 is 22.7 Å². The third-order valence-corrected chi connectivity index (χ3v) is 6.85. The Hall–Kier alpha value is -2.97. The number of carbonyl (C=O) groups excluding carboxylic acids is 1. The zero-order valence-corrected chi connectivity index (χ0v) is 18.7. The number of fused-ring (bicyclic) bond motifs is 1. The van der Waals surface area contributed by atoms with Crippen molar-refractivity contribution in [3.05, 3.63) is 83.2 Å². The number of thiophene rings is 1. The number of esters is 1. The largest absolute Gasteiger partial charge is 0.466 e. The first-order valence-electron chi connectivity index (χ1n) is 9.32. The van der Waals surface area contributed by atoms with E-state index in [0.29, 0.717) is 20.6 Å². The van der Waals surface area contributed by atoms with E-state index in [1.165, 1.54) is 29.8 Å². The van der Waals surface area contributed by atoms with Gasteiger partial charge in [-0.1, -0.05) is 29.5 Å². The predicted molar refractivity (Wildman–Crippen MR) is 121 cm³/mol. The summed E-state index contributed by atoms with van der Waals surface area (Å²) >= 11 is 2.83. The minimum Gasteiger partial charge on any atom is -0.466 e. The maximum absolute atomic E-state index is 13.4. The average molecular weight is 440 g/mol. The maximum atomic E-state index is 13.4. The van der Waals surface area contributed by atoms with Crippen molar-refractivity contribution in [3.8, 4) is 0 Å². The van der Waals surface area contributed by atoms with Crippen LogP contribution in [0, 0.1) is 0 Å². The normalized spacial score (nSPS) is 16.3.